The summed E-state index contributed by atoms with van der Waals surface area (Å²) in [4.78, 5) is 38.0. The third kappa shape index (κ3) is 5.59. The first kappa shape index (κ1) is 29.2. The molecule has 0 saturated carbocycles. The molecule has 2 bridgehead atoms. The van der Waals surface area contributed by atoms with Gasteiger partial charge in [-0.05, 0) is 17.9 Å². The van der Waals surface area contributed by atoms with Gasteiger partial charge in [0.1, 0.15) is 36.2 Å². The summed E-state index contributed by atoms with van der Waals surface area (Å²) in [7, 11) is 0. The topological polar surface area (TPSA) is 252 Å². The number of aromatic amines is 1. The molecule has 3 saturated heterocycles. The molecule has 0 spiro atoms. The van der Waals surface area contributed by atoms with E-state index < -0.39 is 55.9 Å². The number of nitrogen functional groups attached to an aromatic ring is 2. The summed E-state index contributed by atoms with van der Waals surface area (Å²) in [6.45, 7) is -8.47. The van der Waals surface area contributed by atoms with Crippen LogP contribution in [0.1, 0.15) is 25.3 Å². The van der Waals surface area contributed by atoms with E-state index in [0.717, 1.165) is 0 Å². The van der Waals surface area contributed by atoms with Crippen LogP contribution in [0, 0.1) is 0 Å². The first-order valence-electron chi connectivity index (χ1n) is 12.8. The normalized spacial score (nSPS) is 35.4. The summed E-state index contributed by atoms with van der Waals surface area (Å²) in [5, 5.41) is 8.46. The van der Waals surface area contributed by atoms with E-state index in [9.17, 15) is 14.3 Å². The van der Waals surface area contributed by atoms with Gasteiger partial charge in [-0.3, -0.25) is 18.8 Å². The highest BCUT2D eigenvalue weighted by Gasteiger charge is 2.46. The lowest BCUT2D eigenvalue weighted by Gasteiger charge is -2.26. The van der Waals surface area contributed by atoms with Crippen LogP contribution in [0.25, 0.3) is 22.2 Å². The Morgan fingerprint density at radius 3 is 2.77 bits per heavy atom. The molecule has 4 aromatic heterocycles. The van der Waals surface area contributed by atoms with Crippen LogP contribution in [0.5, 0.6) is 0 Å². The minimum Gasteiger partial charge on any atom is -0.383 e. The third-order valence-electron chi connectivity index (χ3n) is 7.13. The molecule has 43 heavy (non-hydrogen) atoms. The SMILES string of the molecule is Nc1nc2c(nnn2[C@@H]2O[C@@H]3COP(O)(=S)O[C@H]4C[C@H](n5ccc6c(N)ncnc65)O[C@@H]4COP(=O)(S)O[C@@H]2C3)c(=O)[nH]1. The van der Waals surface area contributed by atoms with Gasteiger partial charge in [0, 0.05) is 19.0 Å². The molecule has 19 nitrogen and oxygen atoms in total. The van der Waals surface area contributed by atoms with E-state index in [2.05, 4.69) is 42.5 Å². The third-order valence-corrected chi connectivity index (χ3v) is 10.4. The van der Waals surface area contributed by atoms with Crippen LogP contribution >= 0.6 is 25.8 Å². The van der Waals surface area contributed by atoms with Crippen molar-refractivity contribution in [2.45, 2.75) is 49.7 Å². The number of anilines is 2. The molecule has 4 aromatic rings. The molecular formula is C20H24N10O9P2S2. The lowest BCUT2D eigenvalue weighted by atomic mass is 10.2. The van der Waals surface area contributed by atoms with Crippen LogP contribution in [-0.2, 0) is 43.9 Å². The van der Waals surface area contributed by atoms with E-state index in [0.29, 0.717) is 16.9 Å². The molecule has 3 aliphatic heterocycles. The minimum atomic E-state index is -4.08. The fourth-order valence-corrected chi connectivity index (χ4v) is 8.25. The largest absolute Gasteiger partial charge is 0.386 e. The van der Waals surface area contributed by atoms with Crippen molar-refractivity contribution < 1.29 is 37.0 Å². The van der Waals surface area contributed by atoms with Gasteiger partial charge in [0.05, 0.1) is 30.8 Å². The molecule has 0 aliphatic carbocycles. The van der Waals surface area contributed by atoms with Crippen molar-refractivity contribution in [3.05, 3.63) is 28.9 Å². The number of hydrogen-bond donors (Lipinski definition) is 5. The lowest BCUT2D eigenvalue weighted by molar-refractivity contribution is -0.0614. The van der Waals surface area contributed by atoms with Gasteiger partial charge in [0.15, 0.2) is 17.4 Å². The number of nitrogens with zero attached hydrogens (tertiary/aromatic N) is 7. The maximum atomic E-state index is 13.5. The lowest BCUT2D eigenvalue weighted by Crippen LogP contribution is -2.29. The zero-order chi connectivity index (χ0) is 30.1. The number of fused-ring (bicyclic) bond motifs is 5. The molecule has 8 atom stereocenters. The van der Waals surface area contributed by atoms with Crippen molar-refractivity contribution in [1.29, 1.82) is 0 Å². The van der Waals surface area contributed by atoms with Crippen molar-refractivity contribution in [3.8, 4) is 0 Å². The number of ether oxygens (including phenoxy) is 2. The Labute approximate surface area is 251 Å². The highest BCUT2D eigenvalue weighted by molar-refractivity contribution is 8.44. The Balaban J connectivity index is 1.17. The summed E-state index contributed by atoms with van der Waals surface area (Å²) in [5.74, 6) is 0.129. The number of thiol groups is 1. The van der Waals surface area contributed by atoms with Crippen LogP contribution in [0.3, 0.4) is 0 Å². The summed E-state index contributed by atoms with van der Waals surface area (Å²) in [6.07, 6.45) is -1.81. The monoisotopic (exact) mass is 674 g/mol. The van der Waals surface area contributed by atoms with E-state index in [-0.39, 0.29) is 43.2 Å². The predicted octanol–water partition coefficient (Wildman–Crippen LogP) is 0.771. The van der Waals surface area contributed by atoms with Gasteiger partial charge < -0.3 is 39.4 Å². The van der Waals surface area contributed by atoms with E-state index in [1.807, 2.05) is 0 Å². The first-order chi connectivity index (χ1) is 20.5. The molecule has 6 N–H and O–H groups in total. The van der Waals surface area contributed by atoms with Crippen molar-refractivity contribution in [2.24, 2.45) is 0 Å². The second-order valence-corrected chi connectivity index (χ2v) is 15.6. The number of aromatic nitrogens is 8. The first-order valence-corrected chi connectivity index (χ1v) is 18.0. The fraction of sp³-hybridized carbons (Fsp3) is 0.500. The quantitative estimate of drug-likeness (QED) is 0.145. The van der Waals surface area contributed by atoms with Crippen molar-refractivity contribution in [1.82, 2.24) is 39.5 Å². The number of H-pyrrole nitrogens is 1. The molecule has 7 heterocycles. The molecule has 2 unspecified atom stereocenters. The maximum Gasteiger partial charge on any atom is 0.386 e. The predicted molar refractivity (Wildman–Crippen MR) is 154 cm³/mol. The number of nitrogens with one attached hydrogen (secondary N) is 1. The van der Waals surface area contributed by atoms with Gasteiger partial charge in [-0.2, -0.15) is 9.67 Å². The van der Waals surface area contributed by atoms with Crippen LogP contribution < -0.4 is 17.0 Å². The van der Waals surface area contributed by atoms with Gasteiger partial charge in [-0.15, -0.1) is 5.10 Å². The summed E-state index contributed by atoms with van der Waals surface area (Å²) >= 11 is 9.49. The van der Waals surface area contributed by atoms with Gasteiger partial charge >= 0.3 is 13.5 Å². The number of rotatable bonds is 2. The van der Waals surface area contributed by atoms with Gasteiger partial charge in [0.2, 0.25) is 5.95 Å². The van der Waals surface area contributed by atoms with E-state index in [1.165, 1.54) is 11.0 Å². The van der Waals surface area contributed by atoms with Crippen LogP contribution in [0.15, 0.2) is 23.4 Å². The number of hydrogen-bond acceptors (Lipinski definition) is 16. The summed E-state index contributed by atoms with van der Waals surface area (Å²) in [6, 6.07) is 1.75. The summed E-state index contributed by atoms with van der Waals surface area (Å²) < 4.78 is 51.6. The maximum absolute atomic E-state index is 13.5. The molecule has 0 amide bonds. The highest BCUT2D eigenvalue weighted by Crippen LogP contribution is 2.58. The fourth-order valence-electron chi connectivity index (χ4n) is 5.27. The molecule has 3 aliphatic rings. The Bertz CT molecular complexity index is 1870. The van der Waals surface area contributed by atoms with E-state index in [4.69, 9.17) is 50.8 Å². The zero-order valence-electron chi connectivity index (χ0n) is 21.8. The second-order valence-electron chi connectivity index (χ2n) is 9.94. The standard InChI is InChI=1S/C20H24N10O9P2S2/c21-15-9-1-2-29(16(9)24-7-23-15)13-4-10-12(37-13)6-35-41(33,43)39-11-3-8(5-34-40(32,42)38-10)36-19(11)30-17-14(27-28-30)18(31)26-20(22)25-17/h1-2,7-8,10-13,19H,3-6H2,(H,32,42)(H,33,43)(H2,21,23,24)(H3,22,25,26,31)/t8-,10-,11+,12+,13+,19+,40?,41?/m0/s1. The molecular weight excluding hydrogens is 650 g/mol. The van der Waals surface area contributed by atoms with Crippen molar-refractivity contribution in [2.75, 3.05) is 24.7 Å². The summed E-state index contributed by atoms with van der Waals surface area (Å²) in [5.41, 5.74) is 11.5. The van der Waals surface area contributed by atoms with Gasteiger partial charge in [-0.1, -0.05) is 17.5 Å². The van der Waals surface area contributed by atoms with Crippen molar-refractivity contribution >= 4 is 71.5 Å². The molecule has 0 aromatic carbocycles. The van der Waals surface area contributed by atoms with Crippen LogP contribution in [0.2, 0.25) is 0 Å². The zero-order valence-corrected chi connectivity index (χ0v) is 25.3. The molecule has 23 heteroatoms. The molecule has 230 valence electrons. The Hall–Kier alpha value is -2.55. The highest BCUT2D eigenvalue weighted by atomic mass is 32.7. The Kier molecular flexibility index (Phi) is 7.34. The molecule has 7 rings (SSSR count). The average molecular weight is 675 g/mol. The Morgan fingerprint density at radius 2 is 1.93 bits per heavy atom. The van der Waals surface area contributed by atoms with E-state index >= 15 is 0 Å². The van der Waals surface area contributed by atoms with Crippen LogP contribution in [-0.4, -0.2) is 82.0 Å². The Morgan fingerprint density at radius 1 is 1.09 bits per heavy atom. The molecule has 0 radical (unpaired) electrons. The number of nitrogens with two attached hydrogens (primary N) is 2. The van der Waals surface area contributed by atoms with Crippen molar-refractivity contribution in [3.63, 3.8) is 0 Å². The van der Waals surface area contributed by atoms with Gasteiger partial charge in [-0.25, -0.2) is 14.5 Å². The average Bonchev–Trinajstić information content (AvgIpc) is 3.71. The smallest absolute Gasteiger partial charge is 0.383 e. The molecule has 3 fully saturated rings. The second kappa shape index (κ2) is 10.8. The minimum absolute atomic E-state index is 0.00543. The van der Waals surface area contributed by atoms with Gasteiger partial charge in [0.25, 0.3) is 5.56 Å². The van der Waals surface area contributed by atoms with Crippen LogP contribution in [0.4, 0.5) is 11.8 Å². The van der Waals surface area contributed by atoms with E-state index in [1.54, 1.807) is 16.8 Å².